The van der Waals surface area contributed by atoms with E-state index in [1.54, 1.807) is 46.1 Å². The molecule has 0 bridgehead atoms. The standard InChI is InChI=1S/C21H23NO7/c1-20(2,3)28-18(24)14-11-21(29-22-14)10-9-15(23)16-17(21)27-19(26-16)12-5-7-13(25-4)8-6-12/h5-10,16-17,19H,11H2,1-4H3/t16-,17-,19?,21+/m0/s1. The van der Waals surface area contributed by atoms with Crippen molar-refractivity contribution >= 4 is 17.5 Å². The quantitative estimate of drug-likeness (QED) is 0.719. The van der Waals surface area contributed by atoms with Crippen molar-refractivity contribution in [2.24, 2.45) is 5.16 Å². The molecular weight excluding hydrogens is 378 g/mol. The SMILES string of the molecule is COc1ccc(C2O[C@H]3C(=O)C=C[C@@]4(CC(C(=O)OC(C)(C)C)=NO4)[C@H]3O2)cc1. The van der Waals surface area contributed by atoms with Crippen LogP contribution in [0.25, 0.3) is 0 Å². The van der Waals surface area contributed by atoms with Gasteiger partial charge in [-0.15, -0.1) is 0 Å². The van der Waals surface area contributed by atoms with Crippen molar-refractivity contribution in [3.63, 3.8) is 0 Å². The van der Waals surface area contributed by atoms with E-state index in [9.17, 15) is 9.59 Å². The number of hydrogen-bond acceptors (Lipinski definition) is 8. The molecule has 3 aliphatic rings. The molecule has 8 nitrogen and oxygen atoms in total. The van der Waals surface area contributed by atoms with Crippen LogP contribution < -0.4 is 4.74 Å². The van der Waals surface area contributed by atoms with Crippen molar-refractivity contribution in [3.05, 3.63) is 42.0 Å². The molecule has 154 valence electrons. The highest BCUT2D eigenvalue weighted by Crippen LogP contribution is 2.44. The zero-order chi connectivity index (χ0) is 20.8. The second-order valence-corrected chi connectivity index (χ2v) is 8.22. The van der Waals surface area contributed by atoms with Crippen molar-refractivity contribution in [1.29, 1.82) is 0 Å². The molecule has 1 spiro atoms. The lowest BCUT2D eigenvalue weighted by atomic mass is 9.82. The van der Waals surface area contributed by atoms with Crippen LogP contribution >= 0.6 is 0 Å². The topological polar surface area (TPSA) is 92.7 Å². The molecule has 8 heteroatoms. The van der Waals surface area contributed by atoms with Gasteiger partial charge in [-0.1, -0.05) is 17.3 Å². The van der Waals surface area contributed by atoms with E-state index >= 15 is 0 Å². The number of methoxy groups -OCH3 is 1. The highest BCUT2D eigenvalue weighted by molar-refractivity contribution is 6.37. The molecule has 4 rings (SSSR count). The molecule has 0 saturated carbocycles. The van der Waals surface area contributed by atoms with Crippen LogP contribution in [0.4, 0.5) is 0 Å². The summed E-state index contributed by atoms with van der Waals surface area (Å²) in [6.07, 6.45) is 0.791. The number of oxime groups is 1. The summed E-state index contributed by atoms with van der Waals surface area (Å²) in [6.45, 7) is 5.33. The number of fused-ring (bicyclic) bond motifs is 2. The summed E-state index contributed by atoms with van der Waals surface area (Å²) in [5.74, 6) is -0.0688. The Balaban J connectivity index is 1.53. The van der Waals surface area contributed by atoms with E-state index in [4.69, 9.17) is 23.8 Å². The van der Waals surface area contributed by atoms with Gasteiger partial charge in [0.15, 0.2) is 29.5 Å². The molecule has 1 aliphatic carbocycles. The monoisotopic (exact) mass is 401 g/mol. The Kier molecular flexibility index (Phi) is 4.71. The Hall–Kier alpha value is -2.71. The summed E-state index contributed by atoms with van der Waals surface area (Å²) in [5.41, 5.74) is -0.849. The maximum atomic E-state index is 12.4. The molecule has 0 N–H and O–H groups in total. The molecular formula is C21H23NO7. The zero-order valence-electron chi connectivity index (χ0n) is 16.7. The number of benzene rings is 1. The molecule has 0 amide bonds. The molecule has 1 aromatic carbocycles. The zero-order valence-corrected chi connectivity index (χ0v) is 16.7. The Labute approximate surface area is 168 Å². The number of ether oxygens (including phenoxy) is 4. The van der Waals surface area contributed by atoms with Crippen molar-refractivity contribution in [1.82, 2.24) is 0 Å². The maximum absolute atomic E-state index is 12.4. The van der Waals surface area contributed by atoms with E-state index in [1.807, 2.05) is 12.1 Å². The highest BCUT2D eigenvalue weighted by Gasteiger charge is 2.59. The van der Waals surface area contributed by atoms with Gasteiger partial charge >= 0.3 is 5.97 Å². The van der Waals surface area contributed by atoms with Crippen LogP contribution in [0.5, 0.6) is 5.75 Å². The normalized spacial score (nSPS) is 30.7. The Morgan fingerprint density at radius 3 is 2.59 bits per heavy atom. The summed E-state index contributed by atoms with van der Waals surface area (Å²) in [6, 6.07) is 7.19. The van der Waals surface area contributed by atoms with Crippen molar-refractivity contribution < 1.29 is 33.4 Å². The third kappa shape index (κ3) is 3.65. The summed E-state index contributed by atoms with van der Waals surface area (Å²) in [7, 11) is 1.58. The van der Waals surface area contributed by atoms with Gasteiger partial charge in [0.05, 0.1) is 7.11 Å². The van der Waals surface area contributed by atoms with Crippen LogP contribution in [0.15, 0.2) is 41.6 Å². The second-order valence-electron chi connectivity index (χ2n) is 8.22. The van der Waals surface area contributed by atoms with E-state index in [1.165, 1.54) is 6.08 Å². The molecule has 2 heterocycles. The van der Waals surface area contributed by atoms with Crippen LogP contribution in [-0.2, 0) is 28.6 Å². The van der Waals surface area contributed by atoms with Crippen LogP contribution in [0.2, 0.25) is 0 Å². The summed E-state index contributed by atoms with van der Waals surface area (Å²) >= 11 is 0. The van der Waals surface area contributed by atoms with Gasteiger partial charge in [0.25, 0.3) is 0 Å². The van der Waals surface area contributed by atoms with Crippen LogP contribution in [0, 0.1) is 0 Å². The van der Waals surface area contributed by atoms with Gasteiger partial charge in [-0.3, -0.25) is 4.79 Å². The first-order chi connectivity index (χ1) is 13.7. The Morgan fingerprint density at radius 1 is 1.21 bits per heavy atom. The van der Waals surface area contributed by atoms with Gasteiger partial charge in [-0.25, -0.2) is 4.79 Å². The average Bonchev–Trinajstić information content (AvgIpc) is 3.30. The minimum Gasteiger partial charge on any atom is -0.497 e. The molecule has 1 unspecified atom stereocenters. The molecule has 1 fully saturated rings. The summed E-state index contributed by atoms with van der Waals surface area (Å²) in [4.78, 5) is 30.4. The highest BCUT2D eigenvalue weighted by atomic mass is 16.8. The summed E-state index contributed by atoms with van der Waals surface area (Å²) in [5, 5.41) is 3.93. The molecule has 0 aromatic heterocycles. The van der Waals surface area contributed by atoms with Crippen molar-refractivity contribution in [2.75, 3.05) is 7.11 Å². The first-order valence-corrected chi connectivity index (χ1v) is 9.37. The molecule has 0 radical (unpaired) electrons. The number of rotatable bonds is 3. The fourth-order valence-electron chi connectivity index (χ4n) is 3.51. The lowest BCUT2D eigenvalue weighted by molar-refractivity contribution is -0.146. The van der Waals surface area contributed by atoms with E-state index in [0.29, 0.717) is 5.75 Å². The van der Waals surface area contributed by atoms with Crippen molar-refractivity contribution in [3.8, 4) is 5.75 Å². The number of carbonyl (C=O) groups is 2. The van der Waals surface area contributed by atoms with Gasteiger partial charge in [0.2, 0.25) is 0 Å². The minimum absolute atomic E-state index is 0.131. The number of nitrogens with zero attached hydrogens (tertiary/aromatic N) is 1. The largest absolute Gasteiger partial charge is 0.497 e. The second kappa shape index (κ2) is 6.96. The van der Waals surface area contributed by atoms with Gasteiger partial charge < -0.3 is 23.8 Å². The van der Waals surface area contributed by atoms with Gasteiger partial charge in [0.1, 0.15) is 17.5 Å². The molecule has 1 aromatic rings. The molecule has 2 aliphatic heterocycles. The van der Waals surface area contributed by atoms with E-state index in [-0.39, 0.29) is 17.9 Å². The molecule has 29 heavy (non-hydrogen) atoms. The minimum atomic E-state index is -1.09. The fraction of sp³-hybridized carbons (Fsp3) is 0.476. The first-order valence-electron chi connectivity index (χ1n) is 9.37. The predicted octanol–water partition coefficient (Wildman–Crippen LogP) is 2.47. The number of esters is 1. The van der Waals surface area contributed by atoms with Crippen LogP contribution in [0.3, 0.4) is 0 Å². The Morgan fingerprint density at radius 2 is 1.93 bits per heavy atom. The van der Waals surface area contributed by atoms with E-state index < -0.39 is 35.7 Å². The summed E-state index contributed by atoms with van der Waals surface area (Å²) < 4.78 is 22.5. The van der Waals surface area contributed by atoms with Crippen LogP contribution in [0.1, 0.15) is 39.0 Å². The number of carbonyl (C=O) groups excluding carboxylic acids is 2. The Bertz CT molecular complexity index is 883. The third-order valence-corrected chi connectivity index (χ3v) is 4.90. The smallest absolute Gasteiger partial charge is 0.356 e. The lowest BCUT2D eigenvalue weighted by Crippen LogP contribution is -2.52. The molecule has 4 atom stereocenters. The maximum Gasteiger partial charge on any atom is 0.356 e. The fourth-order valence-corrected chi connectivity index (χ4v) is 3.51. The van der Waals surface area contributed by atoms with E-state index in [0.717, 1.165) is 5.56 Å². The van der Waals surface area contributed by atoms with Gasteiger partial charge in [0, 0.05) is 12.0 Å². The third-order valence-electron chi connectivity index (χ3n) is 4.90. The lowest BCUT2D eigenvalue weighted by Gasteiger charge is -2.33. The molecule has 1 saturated heterocycles. The van der Waals surface area contributed by atoms with Gasteiger partial charge in [-0.2, -0.15) is 0 Å². The van der Waals surface area contributed by atoms with E-state index in [2.05, 4.69) is 5.16 Å². The average molecular weight is 401 g/mol. The number of hydrogen-bond donors (Lipinski definition) is 0. The first kappa shape index (κ1) is 19.6. The van der Waals surface area contributed by atoms with Crippen LogP contribution in [-0.4, -0.2) is 48.0 Å². The predicted molar refractivity (Wildman–Crippen MR) is 101 cm³/mol. The number of ketones is 1. The van der Waals surface area contributed by atoms with Crippen molar-refractivity contribution in [2.45, 2.75) is 56.9 Å². The van der Waals surface area contributed by atoms with Gasteiger partial charge in [-0.05, 0) is 45.1 Å².